The molecule has 0 aliphatic carbocycles. The van der Waals surface area contributed by atoms with E-state index in [1.165, 1.54) is 10.7 Å². The van der Waals surface area contributed by atoms with Gasteiger partial charge in [0.25, 0.3) is 5.91 Å². The van der Waals surface area contributed by atoms with Gasteiger partial charge in [-0.15, -0.1) is 0 Å². The van der Waals surface area contributed by atoms with Crippen molar-refractivity contribution < 1.29 is 13.2 Å². The number of hydrogen-bond donors (Lipinski definition) is 2. The Kier molecular flexibility index (Phi) is 6.34. The molecule has 0 spiro atoms. The Morgan fingerprint density at radius 2 is 1.65 bits per heavy atom. The minimum absolute atomic E-state index is 0.0139. The van der Waals surface area contributed by atoms with Gasteiger partial charge in [-0.1, -0.05) is 36.4 Å². The van der Waals surface area contributed by atoms with Gasteiger partial charge >= 0.3 is 0 Å². The lowest BCUT2D eigenvalue weighted by Gasteiger charge is -2.39. The van der Waals surface area contributed by atoms with E-state index < -0.39 is 9.84 Å². The molecule has 0 saturated carbocycles. The first kappa shape index (κ1) is 27.0. The van der Waals surface area contributed by atoms with Crippen LogP contribution < -0.4 is 11.5 Å². The van der Waals surface area contributed by atoms with Gasteiger partial charge in [-0.25, -0.2) is 23.4 Å². The van der Waals surface area contributed by atoms with Gasteiger partial charge in [-0.3, -0.25) is 9.78 Å². The molecule has 218 valence electrons. The van der Waals surface area contributed by atoms with Crippen LogP contribution in [0.2, 0.25) is 0 Å². The molecule has 2 atom stereocenters. The fourth-order valence-electron chi connectivity index (χ4n) is 6.57. The number of fused-ring (bicyclic) bond motifs is 3. The third kappa shape index (κ3) is 4.65. The summed E-state index contributed by atoms with van der Waals surface area (Å²) in [6.07, 6.45) is 8.69. The van der Waals surface area contributed by atoms with Crippen molar-refractivity contribution in [2.24, 2.45) is 0 Å². The molecule has 5 aromatic rings. The number of pyridine rings is 1. The molecule has 7 rings (SSSR count). The second-order valence-corrected chi connectivity index (χ2v) is 13.1. The van der Waals surface area contributed by atoms with Crippen LogP contribution in [0.4, 0.5) is 11.8 Å². The number of piperidine rings is 1. The maximum atomic E-state index is 13.4. The van der Waals surface area contributed by atoms with E-state index in [9.17, 15) is 13.2 Å². The van der Waals surface area contributed by atoms with E-state index in [4.69, 9.17) is 16.5 Å². The monoisotopic (exact) mass is 595 g/mol. The molecule has 2 aliphatic heterocycles. The second-order valence-electron chi connectivity index (χ2n) is 11.1. The van der Waals surface area contributed by atoms with Gasteiger partial charge < -0.3 is 16.4 Å². The van der Waals surface area contributed by atoms with E-state index in [0.717, 1.165) is 35.9 Å². The van der Waals surface area contributed by atoms with E-state index in [-0.39, 0.29) is 46.3 Å². The van der Waals surface area contributed by atoms with E-state index in [1.807, 2.05) is 47.4 Å². The molecule has 0 unspecified atom stereocenters. The molecule has 0 radical (unpaired) electrons. The molecule has 2 fully saturated rings. The molecule has 43 heavy (non-hydrogen) atoms. The zero-order chi connectivity index (χ0) is 29.9. The Balaban J connectivity index is 1.27. The topological polar surface area (TPSA) is 175 Å². The van der Waals surface area contributed by atoms with Crippen molar-refractivity contribution in [1.29, 1.82) is 0 Å². The summed E-state index contributed by atoms with van der Waals surface area (Å²) in [6.45, 7) is 0. The zero-order valence-electron chi connectivity index (χ0n) is 23.3. The van der Waals surface area contributed by atoms with Crippen molar-refractivity contribution in [3.05, 3.63) is 78.5 Å². The summed E-state index contributed by atoms with van der Waals surface area (Å²) in [4.78, 5) is 32.9. The highest BCUT2D eigenvalue weighted by Crippen LogP contribution is 2.45. The van der Waals surface area contributed by atoms with Crippen LogP contribution in [-0.2, 0) is 9.84 Å². The Hall–Kier alpha value is -4.91. The number of nitrogens with zero attached hydrogens (tertiary/aromatic N) is 7. The molecule has 12 nitrogen and oxygen atoms in total. The fraction of sp³-hybridized carbons (Fsp3) is 0.267. The van der Waals surface area contributed by atoms with E-state index in [2.05, 4.69) is 20.1 Å². The number of carbonyl (C=O) groups excluding carboxylic acids is 1. The minimum atomic E-state index is -3.76. The molecule has 2 saturated heterocycles. The predicted molar refractivity (Wildman–Crippen MR) is 161 cm³/mol. The minimum Gasteiger partial charge on any atom is -0.382 e. The summed E-state index contributed by atoms with van der Waals surface area (Å²) < 4.78 is 27.6. The number of anilines is 2. The molecule has 1 aromatic carbocycles. The lowest BCUT2D eigenvalue weighted by Crippen LogP contribution is -2.46. The summed E-state index contributed by atoms with van der Waals surface area (Å²) >= 11 is 0. The van der Waals surface area contributed by atoms with Crippen LogP contribution in [0, 0.1) is 0 Å². The van der Waals surface area contributed by atoms with Gasteiger partial charge in [0.2, 0.25) is 5.95 Å². The third-order valence-corrected chi connectivity index (χ3v) is 9.59. The molecule has 6 heterocycles. The number of nitrogen functional groups attached to an aromatic ring is 2. The van der Waals surface area contributed by atoms with Crippen LogP contribution in [0.3, 0.4) is 0 Å². The summed E-state index contributed by atoms with van der Waals surface area (Å²) in [6, 6.07) is 15.1. The van der Waals surface area contributed by atoms with Gasteiger partial charge in [0, 0.05) is 53.3 Å². The first-order valence-electron chi connectivity index (χ1n) is 14.0. The number of aromatic nitrogens is 6. The first-order chi connectivity index (χ1) is 20.7. The molecule has 4 aromatic heterocycles. The number of nitrogens with two attached hydrogens (primary N) is 2. The Labute approximate surface area is 247 Å². The maximum absolute atomic E-state index is 13.4. The van der Waals surface area contributed by atoms with Crippen LogP contribution >= 0.6 is 0 Å². The predicted octanol–water partition coefficient (Wildman–Crippen LogP) is 3.37. The number of sulfone groups is 1. The van der Waals surface area contributed by atoms with Crippen LogP contribution in [-0.4, -0.2) is 67.1 Å². The average molecular weight is 596 g/mol. The Morgan fingerprint density at radius 1 is 0.907 bits per heavy atom. The lowest BCUT2D eigenvalue weighted by molar-refractivity contribution is 0.0562. The first-order valence-corrected chi connectivity index (χ1v) is 15.9. The highest BCUT2D eigenvalue weighted by Gasteiger charge is 2.46. The van der Waals surface area contributed by atoms with E-state index in [0.29, 0.717) is 29.7 Å². The van der Waals surface area contributed by atoms with Gasteiger partial charge in [0.15, 0.2) is 15.5 Å². The van der Waals surface area contributed by atoms with Gasteiger partial charge in [0.1, 0.15) is 16.4 Å². The van der Waals surface area contributed by atoms with Crippen LogP contribution in [0.5, 0.6) is 0 Å². The average Bonchev–Trinajstić information content (AvgIpc) is 3.54. The van der Waals surface area contributed by atoms with Gasteiger partial charge in [-0.05, 0) is 37.8 Å². The Bertz CT molecular complexity index is 1960. The van der Waals surface area contributed by atoms with Gasteiger partial charge in [0.05, 0.1) is 17.6 Å². The van der Waals surface area contributed by atoms with Crippen molar-refractivity contribution in [2.45, 2.75) is 48.6 Å². The summed E-state index contributed by atoms with van der Waals surface area (Å²) in [5.74, 6) is -0.364. The standard InChI is InChI=1S/C30H29N9O3S/c1-43(41,42)26-25(19-13-20-8-9-21(14-19)38(20)29(40)24-11-12-33-30(32)36-24)37-28-22(16-35-39(28)27(26)31)18-7-10-23(34-15-18)17-5-3-2-4-6-17/h2-7,10-12,15-16,19-21H,8-9,13-14,31H2,1H3,(H2,32,33,36)/t20-,21-/m1/s1. The normalized spacial score (nSPS) is 20.0. The molecular weight excluding hydrogens is 566 g/mol. The van der Waals surface area contributed by atoms with Crippen molar-refractivity contribution in [3.8, 4) is 22.4 Å². The smallest absolute Gasteiger partial charge is 0.273 e. The molecule has 2 aliphatic rings. The highest BCUT2D eigenvalue weighted by molar-refractivity contribution is 7.91. The van der Waals surface area contributed by atoms with E-state index >= 15 is 0 Å². The number of benzene rings is 1. The molecule has 13 heteroatoms. The summed E-state index contributed by atoms with van der Waals surface area (Å²) in [5, 5.41) is 4.42. The molecule has 1 amide bonds. The second kappa shape index (κ2) is 10.1. The fourth-order valence-corrected chi connectivity index (χ4v) is 7.63. The summed E-state index contributed by atoms with van der Waals surface area (Å²) in [7, 11) is -3.76. The molecular formula is C30H29N9O3S. The van der Waals surface area contributed by atoms with Crippen LogP contribution in [0.15, 0.2) is 72.0 Å². The van der Waals surface area contributed by atoms with Crippen molar-refractivity contribution in [2.75, 3.05) is 17.7 Å². The zero-order valence-corrected chi connectivity index (χ0v) is 24.1. The van der Waals surface area contributed by atoms with Crippen molar-refractivity contribution in [1.82, 2.24) is 34.4 Å². The lowest BCUT2D eigenvalue weighted by atomic mass is 9.87. The summed E-state index contributed by atoms with van der Waals surface area (Å²) in [5.41, 5.74) is 16.7. The van der Waals surface area contributed by atoms with Crippen molar-refractivity contribution >= 4 is 33.2 Å². The largest absolute Gasteiger partial charge is 0.382 e. The maximum Gasteiger partial charge on any atom is 0.273 e. The number of rotatable bonds is 5. The molecule has 2 bridgehead atoms. The van der Waals surface area contributed by atoms with Gasteiger partial charge in [-0.2, -0.15) is 9.61 Å². The number of carbonyl (C=O) groups is 1. The Morgan fingerprint density at radius 3 is 2.30 bits per heavy atom. The SMILES string of the molecule is CS(=O)(=O)c1c(C2C[C@H]3CC[C@H](C2)N3C(=O)c2ccnc(N)n2)nc2c(-c3ccc(-c4ccccc4)nc3)cnn2c1N. The third-order valence-electron chi connectivity index (χ3n) is 8.43. The van der Waals surface area contributed by atoms with Crippen molar-refractivity contribution in [3.63, 3.8) is 0 Å². The number of amides is 1. The van der Waals surface area contributed by atoms with Crippen LogP contribution in [0.1, 0.15) is 47.8 Å². The highest BCUT2D eigenvalue weighted by atomic mass is 32.2. The van der Waals surface area contributed by atoms with E-state index in [1.54, 1.807) is 18.5 Å². The van der Waals surface area contributed by atoms with Crippen LogP contribution in [0.25, 0.3) is 28.0 Å². The molecule has 4 N–H and O–H groups in total. The number of hydrogen-bond acceptors (Lipinski definition) is 10. The quantitative estimate of drug-likeness (QED) is 0.306.